The van der Waals surface area contributed by atoms with Crippen molar-refractivity contribution in [3.05, 3.63) is 35.9 Å². The van der Waals surface area contributed by atoms with Crippen molar-refractivity contribution in [2.45, 2.75) is 65.9 Å². The molecule has 0 aliphatic carbocycles. The molecule has 0 amide bonds. The van der Waals surface area contributed by atoms with E-state index in [4.69, 9.17) is 0 Å². The third-order valence-electron chi connectivity index (χ3n) is 4.48. The van der Waals surface area contributed by atoms with Gasteiger partial charge in [-0.25, -0.2) is 0 Å². The van der Waals surface area contributed by atoms with Gasteiger partial charge in [-0.15, -0.1) is 0 Å². The number of Topliss-reactive ketones (excluding diaryl/α,β-unsaturated/α-hetero) is 1. The number of unbranched alkanes of at least 4 members (excludes halogenated alkanes) is 1. The Balaban J connectivity index is 2.88. The molecule has 2 atom stereocenters. The normalized spacial score (nSPS) is 14.7. The Morgan fingerprint density at radius 3 is 2.29 bits per heavy atom. The third kappa shape index (κ3) is 5.28. The average Bonchev–Trinajstić information content (AvgIpc) is 2.46. The first-order chi connectivity index (χ1) is 9.89. The predicted molar refractivity (Wildman–Crippen MR) is 88.5 cm³/mol. The molecule has 0 saturated heterocycles. The van der Waals surface area contributed by atoms with Gasteiger partial charge in [0.2, 0.25) is 0 Å². The van der Waals surface area contributed by atoms with Crippen LogP contribution in [0.1, 0.15) is 70.2 Å². The van der Waals surface area contributed by atoms with Gasteiger partial charge >= 0.3 is 0 Å². The van der Waals surface area contributed by atoms with E-state index in [1.807, 2.05) is 37.3 Å². The molecule has 0 heterocycles. The van der Waals surface area contributed by atoms with E-state index >= 15 is 0 Å². The number of aliphatic hydroxyl groups is 1. The van der Waals surface area contributed by atoms with Crippen molar-refractivity contribution in [3.8, 4) is 0 Å². The fourth-order valence-corrected chi connectivity index (χ4v) is 2.91. The van der Waals surface area contributed by atoms with Gasteiger partial charge in [0.25, 0.3) is 0 Å². The minimum atomic E-state index is -0.384. The van der Waals surface area contributed by atoms with Crippen LogP contribution < -0.4 is 0 Å². The molecule has 0 aliphatic rings. The van der Waals surface area contributed by atoms with E-state index in [1.54, 1.807) is 0 Å². The Bertz CT molecular complexity index is 420. The molecule has 2 unspecified atom stereocenters. The zero-order chi connectivity index (χ0) is 15.9. The van der Waals surface area contributed by atoms with Crippen molar-refractivity contribution in [2.75, 3.05) is 0 Å². The van der Waals surface area contributed by atoms with Crippen LogP contribution in [0.25, 0.3) is 0 Å². The molecule has 2 heteroatoms. The molecule has 0 spiro atoms. The maximum Gasteiger partial charge on any atom is 0.168 e. The molecule has 0 aromatic heterocycles. The second-order valence-electron chi connectivity index (χ2n) is 6.68. The molecular weight excluding hydrogens is 260 g/mol. The quantitative estimate of drug-likeness (QED) is 0.659. The van der Waals surface area contributed by atoms with E-state index in [2.05, 4.69) is 20.8 Å². The second kappa shape index (κ2) is 8.33. The molecule has 118 valence electrons. The molecule has 1 aromatic carbocycles. The average molecular weight is 290 g/mol. The van der Waals surface area contributed by atoms with Gasteiger partial charge in [-0.05, 0) is 32.1 Å². The number of ketones is 1. The second-order valence-corrected chi connectivity index (χ2v) is 6.68. The van der Waals surface area contributed by atoms with Crippen molar-refractivity contribution in [1.29, 1.82) is 0 Å². The van der Waals surface area contributed by atoms with Crippen molar-refractivity contribution in [1.82, 2.24) is 0 Å². The summed E-state index contributed by atoms with van der Waals surface area (Å²) in [5.74, 6) is 0.537. The van der Waals surface area contributed by atoms with Gasteiger partial charge in [-0.1, -0.05) is 63.9 Å². The lowest BCUT2D eigenvalue weighted by Gasteiger charge is -2.34. The van der Waals surface area contributed by atoms with Crippen LogP contribution in [-0.4, -0.2) is 17.0 Å². The molecule has 2 nitrogen and oxygen atoms in total. The van der Waals surface area contributed by atoms with Crippen LogP contribution in [0.2, 0.25) is 0 Å². The number of hydrogen-bond donors (Lipinski definition) is 1. The lowest BCUT2D eigenvalue weighted by Crippen LogP contribution is -2.33. The van der Waals surface area contributed by atoms with Gasteiger partial charge in [-0.3, -0.25) is 4.79 Å². The Hall–Kier alpha value is -1.15. The first-order valence-electron chi connectivity index (χ1n) is 8.17. The molecule has 0 aliphatic heterocycles. The maximum atomic E-state index is 12.9. The zero-order valence-corrected chi connectivity index (χ0v) is 13.9. The predicted octanol–water partition coefficient (Wildman–Crippen LogP) is 4.86. The molecule has 21 heavy (non-hydrogen) atoms. The number of aliphatic hydroxyl groups excluding tert-OH is 1. The highest BCUT2D eigenvalue weighted by molar-refractivity contribution is 6.00. The van der Waals surface area contributed by atoms with Crippen LogP contribution in [0, 0.1) is 11.3 Å². The highest BCUT2D eigenvalue weighted by Gasteiger charge is 2.36. The molecule has 1 rings (SSSR count). The van der Waals surface area contributed by atoms with Gasteiger partial charge in [0.1, 0.15) is 0 Å². The molecule has 0 bridgehead atoms. The topological polar surface area (TPSA) is 37.3 Å². The Labute approximate surface area is 129 Å². The van der Waals surface area contributed by atoms with Gasteiger partial charge in [0.05, 0.1) is 6.10 Å². The summed E-state index contributed by atoms with van der Waals surface area (Å²) in [6.45, 7) is 8.12. The Kier molecular flexibility index (Phi) is 7.10. The highest BCUT2D eigenvalue weighted by Crippen LogP contribution is 2.37. The lowest BCUT2D eigenvalue weighted by molar-refractivity contribution is 0.0686. The van der Waals surface area contributed by atoms with Crippen LogP contribution in [0.4, 0.5) is 0 Å². The van der Waals surface area contributed by atoms with E-state index in [0.717, 1.165) is 37.7 Å². The lowest BCUT2D eigenvalue weighted by atomic mass is 9.69. The highest BCUT2D eigenvalue weighted by atomic mass is 16.3. The van der Waals surface area contributed by atoms with E-state index in [-0.39, 0.29) is 17.3 Å². The number of hydrogen-bond acceptors (Lipinski definition) is 2. The largest absolute Gasteiger partial charge is 0.393 e. The summed E-state index contributed by atoms with van der Waals surface area (Å²) in [7, 11) is 0. The smallest absolute Gasteiger partial charge is 0.168 e. The number of benzene rings is 1. The van der Waals surface area contributed by atoms with Gasteiger partial charge < -0.3 is 5.11 Å². The number of rotatable bonds is 9. The van der Waals surface area contributed by atoms with Crippen molar-refractivity contribution < 1.29 is 9.90 Å². The van der Waals surface area contributed by atoms with Crippen molar-refractivity contribution in [3.63, 3.8) is 0 Å². The maximum absolute atomic E-state index is 12.9. The van der Waals surface area contributed by atoms with E-state index in [1.165, 1.54) is 0 Å². The fourth-order valence-electron chi connectivity index (χ4n) is 2.91. The van der Waals surface area contributed by atoms with Crippen molar-refractivity contribution in [2.24, 2.45) is 11.3 Å². The first kappa shape index (κ1) is 17.9. The summed E-state index contributed by atoms with van der Waals surface area (Å²) < 4.78 is 0. The van der Waals surface area contributed by atoms with Crippen LogP contribution in [0.15, 0.2) is 30.3 Å². The van der Waals surface area contributed by atoms with E-state index in [9.17, 15) is 9.90 Å². The summed E-state index contributed by atoms with van der Waals surface area (Å²) in [5, 5.41) is 9.56. The molecule has 0 saturated carbocycles. The summed E-state index contributed by atoms with van der Waals surface area (Å²) in [4.78, 5) is 12.9. The summed E-state index contributed by atoms with van der Waals surface area (Å²) in [5.41, 5.74) is 0.409. The van der Waals surface area contributed by atoms with Gasteiger partial charge in [0, 0.05) is 11.0 Å². The molecule has 0 fully saturated rings. The monoisotopic (exact) mass is 290 g/mol. The molecular formula is C19H30O2. The third-order valence-corrected chi connectivity index (χ3v) is 4.48. The first-order valence-corrected chi connectivity index (χ1v) is 8.17. The van der Waals surface area contributed by atoms with Crippen LogP contribution >= 0.6 is 0 Å². The standard InChI is InChI=1S/C19H30O2/c1-5-6-12-17(14-13-15(2)20)19(3,4)18(21)16-10-8-7-9-11-16/h7-11,15,17,20H,5-6,12-14H2,1-4H3. The Morgan fingerprint density at radius 2 is 1.76 bits per heavy atom. The van der Waals surface area contributed by atoms with Crippen molar-refractivity contribution >= 4 is 5.78 Å². The van der Waals surface area contributed by atoms with Gasteiger partial charge in [-0.2, -0.15) is 0 Å². The fraction of sp³-hybridized carbons (Fsp3) is 0.632. The van der Waals surface area contributed by atoms with E-state index in [0.29, 0.717) is 5.92 Å². The molecule has 0 radical (unpaired) electrons. The van der Waals surface area contributed by atoms with Crippen LogP contribution in [0.5, 0.6) is 0 Å². The number of carbonyl (C=O) groups excluding carboxylic acids is 1. The minimum absolute atomic E-state index is 0.217. The van der Waals surface area contributed by atoms with Crippen LogP contribution in [0.3, 0.4) is 0 Å². The zero-order valence-electron chi connectivity index (χ0n) is 13.9. The summed E-state index contributed by atoms with van der Waals surface area (Å²) >= 11 is 0. The SMILES string of the molecule is CCCCC(CCC(C)O)C(C)(C)C(=O)c1ccccc1. The molecule has 1 N–H and O–H groups in total. The van der Waals surface area contributed by atoms with E-state index < -0.39 is 0 Å². The minimum Gasteiger partial charge on any atom is -0.393 e. The Morgan fingerprint density at radius 1 is 1.14 bits per heavy atom. The summed E-state index contributed by atoms with van der Waals surface area (Å²) in [6.07, 6.45) is 4.70. The summed E-state index contributed by atoms with van der Waals surface area (Å²) in [6, 6.07) is 9.57. The van der Waals surface area contributed by atoms with Crippen LogP contribution in [-0.2, 0) is 0 Å². The number of carbonyl (C=O) groups is 1. The van der Waals surface area contributed by atoms with Gasteiger partial charge in [0.15, 0.2) is 5.78 Å². The molecule has 1 aromatic rings.